The van der Waals surface area contributed by atoms with E-state index in [-0.39, 0.29) is 24.7 Å². The number of imide groups is 1. The summed E-state index contributed by atoms with van der Waals surface area (Å²) in [6.45, 7) is 1.41. The smallest absolute Gasteiger partial charge is 0.344 e. The number of hydrogen-bond acceptors (Lipinski definition) is 8. The minimum Gasteiger partial charge on any atom is -0.481 e. The molecule has 0 aliphatic carbocycles. The number of carbonyl (C=O) groups is 4. The standard InChI is InChI=1S/C21H20N2O7S/c1-2-28-19(25)13-30-16-8-4-3-6-14(16)10-17-20(26)23(21(27)31-17)12-18(24)22-11-15-7-5-9-29-15/h3-10H,2,11-13H2,1H3,(H,22,24)/b17-10-. The second kappa shape index (κ2) is 10.5. The van der Waals surface area contributed by atoms with Crippen molar-refractivity contribution < 1.29 is 33.1 Å². The number of thioether (sulfide) groups is 1. The zero-order chi connectivity index (χ0) is 22.2. The van der Waals surface area contributed by atoms with Crippen molar-refractivity contribution in [1.82, 2.24) is 10.2 Å². The number of esters is 1. The van der Waals surface area contributed by atoms with E-state index in [2.05, 4.69) is 5.32 Å². The van der Waals surface area contributed by atoms with Gasteiger partial charge in [0, 0.05) is 5.56 Å². The number of carbonyl (C=O) groups excluding carboxylic acids is 4. The van der Waals surface area contributed by atoms with Crippen LogP contribution in [0.5, 0.6) is 5.75 Å². The fourth-order valence-corrected chi connectivity index (χ4v) is 3.48. The number of ether oxygens (including phenoxy) is 2. The molecule has 3 amide bonds. The van der Waals surface area contributed by atoms with Crippen molar-refractivity contribution in [3.8, 4) is 5.75 Å². The minimum atomic E-state index is -0.580. The highest BCUT2D eigenvalue weighted by molar-refractivity contribution is 8.18. The largest absolute Gasteiger partial charge is 0.481 e. The van der Waals surface area contributed by atoms with Gasteiger partial charge in [-0.25, -0.2) is 4.79 Å². The molecule has 31 heavy (non-hydrogen) atoms. The van der Waals surface area contributed by atoms with E-state index in [1.807, 2.05) is 0 Å². The van der Waals surface area contributed by atoms with Crippen molar-refractivity contribution in [3.05, 3.63) is 58.9 Å². The Bertz CT molecular complexity index is 1000. The Labute approximate surface area is 182 Å². The maximum absolute atomic E-state index is 12.7. The zero-order valence-electron chi connectivity index (χ0n) is 16.7. The van der Waals surface area contributed by atoms with Gasteiger partial charge >= 0.3 is 5.97 Å². The monoisotopic (exact) mass is 444 g/mol. The van der Waals surface area contributed by atoms with Crippen LogP contribution >= 0.6 is 11.8 Å². The highest BCUT2D eigenvalue weighted by atomic mass is 32.2. The lowest BCUT2D eigenvalue weighted by molar-refractivity contribution is -0.145. The highest BCUT2D eigenvalue weighted by Crippen LogP contribution is 2.33. The van der Waals surface area contributed by atoms with E-state index >= 15 is 0 Å². The van der Waals surface area contributed by atoms with Crippen molar-refractivity contribution in [2.45, 2.75) is 13.5 Å². The van der Waals surface area contributed by atoms with Crippen molar-refractivity contribution in [3.63, 3.8) is 0 Å². The first-order chi connectivity index (χ1) is 15.0. The molecule has 1 aliphatic rings. The van der Waals surface area contributed by atoms with Gasteiger partial charge in [0.2, 0.25) is 5.91 Å². The number of benzene rings is 1. The van der Waals surface area contributed by atoms with Gasteiger partial charge in [-0.2, -0.15) is 0 Å². The maximum Gasteiger partial charge on any atom is 0.344 e. The number of nitrogens with zero attached hydrogens (tertiary/aromatic N) is 1. The minimum absolute atomic E-state index is 0.149. The summed E-state index contributed by atoms with van der Waals surface area (Å²) in [7, 11) is 0. The molecule has 0 saturated carbocycles. The summed E-state index contributed by atoms with van der Waals surface area (Å²) in [4.78, 5) is 49.6. The zero-order valence-corrected chi connectivity index (χ0v) is 17.5. The van der Waals surface area contributed by atoms with Gasteiger partial charge < -0.3 is 19.2 Å². The summed E-state index contributed by atoms with van der Waals surface area (Å²) in [6, 6.07) is 10.2. The summed E-state index contributed by atoms with van der Waals surface area (Å²) in [5.41, 5.74) is 0.513. The Hall–Kier alpha value is -3.53. The molecule has 0 unspecified atom stereocenters. The van der Waals surface area contributed by atoms with Gasteiger partial charge in [0.1, 0.15) is 18.1 Å². The van der Waals surface area contributed by atoms with E-state index in [9.17, 15) is 19.2 Å². The predicted octanol–water partition coefficient (Wildman–Crippen LogP) is 2.57. The van der Waals surface area contributed by atoms with Crippen LogP contribution in [-0.2, 0) is 25.7 Å². The average Bonchev–Trinajstić information content (AvgIpc) is 3.36. The van der Waals surface area contributed by atoms with Crippen LogP contribution in [0.25, 0.3) is 6.08 Å². The lowest BCUT2D eigenvalue weighted by atomic mass is 10.2. The third kappa shape index (κ3) is 5.98. The van der Waals surface area contributed by atoms with Gasteiger partial charge in [-0.15, -0.1) is 0 Å². The van der Waals surface area contributed by atoms with Crippen LogP contribution in [-0.4, -0.2) is 47.7 Å². The number of rotatable bonds is 9. The third-order valence-electron chi connectivity index (χ3n) is 4.07. The summed E-state index contributed by atoms with van der Waals surface area (Å²) in [5.74, 6) is -0.667. The molecule has 0 spiro atoms. The molecule has 1 saturated heterocycles. The fraction of sp³-hybridized carbons (Fsp3) is 0.238. The van der Waals surface area contributed by atoms with Crippen LogP contribution < -0.4 is 10.1 Å². The summed E-state index contributed by atoms with van der Waals surface area (Å²) >= 11 is 0.729. The van der Waals surface area contributed by atoms with Crippen LogP contribution in [0.3, 0.4) is 0 Å². The van der Waals surface area contributed by atoms with Gasteiger partial charge in [-0.05, 0) is 43.0 Å². The average molecular weight is 444 g/mol. The molecule has 2 heterocycles. The molecule has 0 atom stereocenters. The molecule has 1 fully saturated rings. The molecule has 1 aromatic carbocycles. The molecule has 9 nitrogen and oxygen atoms in total. The Balaban J connectivity index is 1.64. The molecule has 0 bridgehead atoms. The van der Waals surface area contributed by atoms with E-state index in [0.717, 1.165) is 16.7 Å². The Kier molecular flexibility index (Phi) is 7.50. The number of nitrogens with one attached hydrogen (secondary N) is 1. The second-order valence-corrected chi connectivity index (χ2v) is 7.25. The lowest BCUT2D eigenvalue weighted by Crippen LogP contribution is -2.39. The Morgan fingerprint density at radius 1 is 1.19 bits per heavy atom. The van der Waals surface area contributed by atoms with Gasteiger partial charge in [0.25, 0.3) is 11.1 Å². The first-order valence-electron chi connectivity index (χ1n) is 9.39. The number of amides is 3. The number of hydrogen-bond donors (Lipinski definition) is 1. The van der Waals surface area contributed by atoms with E-state index in [0.29, 0.717) is 17.1 Å². The molecule has 3 rings (SSSR count). The summed E-state index contributed by atoms with van der Waals surface area (Å²) < 4.78 is 15.4. The van der Waals surface area contributed by atoms with Gasteiger partial charge in [-0.1, -0.05) is 18.2 Å². The van der Waals surface area contributed by atoms with Gasteiger partial charge in [0.05, 0.1) is 24.3 Å². The van der Waals surface area contributed by atoms with Crippen LogP contribution in [0.2, 0.25) is 0 Å². The van der Waals surface area contributed by atoms with Crippen LogP contribution in [0.15, 0.2) is 52.0 Å². The lowest BCUT2D eigenvalue weighted by Gasteiger charge is -2.12. The van der Waals surface area contributed by atoms with Crippen molar-refractivity contribution in [2.24, 2.45) is 0 Å². The van der Waals surface area contributed by atoms with Crippen molar-refractivity contribution in [1.29, 1.82) is 0 Å². The molecular formula is C21H20N2O7S. The second-order valence-electron chi connectivity index (χ2n) is 6.26. The predicted molar refractivity (Wildman–Crippen MR) is 112 cm³/mol. The first kappa shape index (κ1) is 22.2. The number of furan rings is 1. The number of para-hydroxylation sites is 1. The van der Waals surface area contributed by atoms with E-state index in [4.69, 9.17) is 13.9 Å². The van der Waals surface area contributed by atoms with Crippen LogP contribution in [0, 0.1) is 0 Å². The summed E-state index contributed by atoms with van der Waals surface area (Å²) in [5, 5.41) is 2.05. The normalized spacial score (nSPS) is 14.7. The molecule has 1 aromatic heterocycles. The van der Waals surface area contributed by atoms with Crippen LogP contribution in [0.1, 0.15) is 18.2 Å². The van der Waals surface area contributed by atoms with Gasteiger partial charge in [-0.3, -0.25) is 19.3 Å². The Morgan fingerprint density at radius 2 is 2.00 bits per heavy atom. The maximum atomic E-state index is 12.7. The van der Waals surface area contributed by atoms with E-state index in [1.54, 1.807) is 43.3 Å². The summed E-state index contributed by atoms with van der Waals surface area (Å²) in [6.07, 6.45) is 2.98. The van der Waals surface area contributed by atoms with Crippen molar-refractivity contribution in [2.75, 3.05) is 19.8 Å². The van der Waals surface area contributed by atoms with E-state index in [1.165, 1.54) is 12.3 Å². The van der Waals surface area contributed by atoms with Gasteiger partial charge in [0.15, 0.2) is 6.61 Å². The first-order valence-corrected chi connectivity index (χ1v) is 10.2. The molecule has 0 radical (unpaired) electrons. The SMILES string of the molecule is CCOC(=O)COc1ccccc1/C=C1\SC(=O)N(CC(=O)NCc2ccco2)C1=O. The quantitative estimate of drug-likeness (QED) is 0.464. The van der Waals surface area contributed by atoms with Crippen LogP contribution in [0.4, 0.5) is 4.79 Å². The molecule has 162 valence electrons. The Morgan fingerprint density at radius 3 is 2.74 bits per heavy atom. The topological polar surface area (TPSA) is 115 Å². The van der Waals surface area contributed by atoms with E-state index < -0.39 is 29.6 Å². The van der Waals surface area contributed by atoms with Crippen molar-refractivity contribution >= 4 is 40.9 Å². The third-order valence-corrected chi connectivity index (χ3v) is 4.98. The molecule has 2 aromatic rings. The molecule has 10 heteroatoms. The molecular weight excluding hydrogens is 424 g/mol. The molecule has 1 aliphatic heterocycles. The fourth-order valence-electron chi connectivity index (χ4n) is 2.65. The molecule has 1 N–H and O–H groups in total. The highest BCUT2D eigenvalue weighted by Gasteiger charge is 2.36.